The van der Waals surface area contributed by atoms with Crippen molar-refractivity contribution in [3.8, 4) is 22.3 Å². The highest BCUT2D eigenvalue weighted by Crippen LogP contribution is 2.41. The number of hydrogen-bond acceptors (Lipinski definition) is 1. The summed E-state index contributed by atoms with van der Waals surface area (Å²) in [5.41, 5.74) is 10.6. The lowest BCUT2D eigenvalue weighted by molar-refractivity contribution is 0.571. The van der Waals surface area contributed by atoms with Crippen LogP contribution in [0, 0.1) is 0 Å². The minimum Gasteiger partial charge on any atom is -0.340 e. The first-order valence-corrected chi connectivity index (χ1v) is 22.0. The molecule has 0 unspecified atom stereocenters. The van der Waals surface area contributed by atoms with Crippen LogP contribution in [-0.2, 0) is 13.1 Å². The predicted octanol–water partition coefficient (Wildman–Crippen LogP) is 16.3. The number of para-hydroxylation sites is 2. The van der Waals surface area contributed by atoms with Crippen LogP contribution >= 0.6 is 11.3 Å². The van der Waals surface area contributed by atoms with Crippen molar-refractivity contribution >= 4 is 75.1 Å². The summed E-state index contributed by atoms with van der Waals surface area (Å²) < 4.78 is 7.83. The maximum absolute atomic E-state index is 2.56. The zero-order chi connectivity index (χ0) is 37.1. The van der Waals surface area contributed by atoms with Crippen molar-refractivity contribution in [2.24, 2.45) is 0 Å². The third-order valence-electron chi connectivity index (χ3n) is 12.2. The molecule has 0 amide bonds. The Balaban J connectivity index is 1.00. The fourth-order valence-electron chi connectivity index (χ4n) is 9.18. The SMILES string of the molecule is CCCCCCCCn1c2ccccc2c2cc(-c3ccc4c(c3)sc3cc(-c5ccc6c(c5)c5ccccc5n6CCCCCCCC)ccc34)ccc21. The van der Waals surface area contributed by atoms with Gasteiger partial charge < -0.3 is 9.13 Å². The van der Waals surface area contributed by atoms with Crippen LogP contribution in [0.4, 0.5) is 0 Å². The summed E-state index contributed by atoms with van der Waals surface area (Å²) in [6, 6.07) is 46.4. The van der Waals surface area contributed by atoms with Gasteiger partial charge in [0.05, 0.1) is 0 Å². The third kappa shape index (κ3) is 6.97. The van der Waals surface area contributed by atoms with Gasteiger partial charge in [0.1, 0.15) is 0 Å². The Bertz CT molecular complexity index is 2570. The molecule has 6 aromatic carbocycles. The summed E-state index contributed by atoms with van der Waals surface area (Å²) in [4.78, 5) is 0. The van der Waals surface area contributed by atoms with E-state index in [2.05, 4.69) is 144 Å². The second-order valence-electron chi connectivity index (χ2n) is 15.9. The monoisotopic (exact) mass is 738 g/mol. The number of rotatable bonds is 16. The molecule has 0 N–H and O–H groups in total. The van der Waals surface area contributed by atoms with Gasteiger partial charge in [0.15, 0.2) is 0 Å². The second kappa shape index (κ2) is 16.1. The van der Waals surface area contributed by atoms with E-state index in [1.165, 1.54) is 163 Å². The molecule has 3 heteroatoms. The van der Waals surface area contributed by atoms with Crippen molar-refractivity contribution in [3.05, 3.63) is 121 Å². The van der Waals surface area contributed by atoms with Crippen molar-refractivity contribution in [1.82, 2.24) is 9.13 Å². The number of fused-ring (bicyclic) bond motifs is 9. The molecule has 0 aliphatic heterocycles. The van der Waals surface area contributed by atoms with Crippen molar-refractivity contribution in [2.45, 2.75) is 104 Å². The van der Waals surface area contributed by atoms with E-state index < -0.39 is 0 Å². The zero-order valence-electron chi connectivity index (χ0n) is 32.7. The van der Waals surface area contributed by atoms with Gasteiger partial charge in [-0.3, -0.25) is 0 Å². The molecule has 0 aliphatic rings. The lowest BCUT2D eigenvalue weighted by Gasteiger charge is -2.08. The van der Waals surface area contributed by atoms with Crippen molar-refractivity contribution in [1.29, 1.82) is 0 Å². The minimum atomic E-state index is 1.08. The molecule has 9 aromatic rings. The molecule has 0 radical (unpaired) electrons. The van der Waals surface area contributed by atoms with Gasteiger partial charge in [-0.2, -0.15) is 0 Å². The molecular formula is C52H54N2S. The van der Waals surface area contributed by atoms with Crippen LogP contribution in [0.5, 0.6) is 0 Å². The van der Waals surface area contributed by atoms with Crippen LogP contribution in [-0.4, -0.2) is 9.13 Å². The topological polar surface area (TPSA) is 9.86 Å². The van der Waals surface area contributed by atoms with Gasteiger partial charge in [-0.05, 0) is 83.6 Å². The maximum atomic E-state index is 2.56. The highest BCUT2D eigenvalue weighted by Gasteiger charge is 2.15. The fourth-order valence-corrected chi connectivity index (χ4v) is 10.4. The maximum Gasteiger partial charge on any atom is 0.0491 e. The molecule has 0 saturated heterocycles. The largest absolute Gasteiger partial charge is 0.340 e. The third-order valence-corrected chi connectivity index (χ3v) is 13.3. The number of aromatic nitrogens is 2. The molecule has 2 nitrogen and oxygen atoms in total. The van der Waals surface area contributed by atoms with Gasteiger partial charge in [-0.1, -0.05) is 151 Å². The van der Waals surface area contributed by atoms with Crippen LogP contribution in [0.25, 0.3) is 86.0 Å². The molecule has 3 aromatic heterocycles. The Morgan fingerprint density at radius 2 is 0.727 bits per heavy atom. The molecule has 9 rings (SSSR count). The van der Waals surface area contributed by atoms with Gasteiger partial charge >= 0.3 is 0 Å². The lowest BCUT2D eigenvalue weighted by Crippen LogP contribution is -1.97. The Labute approximate surface area is 330 Å². The molecule has 278 valence electrons. The van der Waals surface area contributed by atoms with Gasteiger partial charge in [-0.15, -0.1) is 11.3 Å². The van der Waals surface area contributed by atoms with Crippen LogP contribution in [0.3, 0.4) is 0 Å². The molecule has 0 spiro atoms. The highest BCUT2D eigenvalue weighted by atomic mass is 32.1. The van der Waals surface area contributed by atoms with Crippen LogP contribution in [0.2, 0.25) is 0 Å². The van der Waals surface area contributed by atoms with E-state index in [9.17, 15) is 0 Å². The van der Waals surface area contributed by atoms with E-state index in [-0.39, 0.29) is 0 Å². The van der Waals surface area contributed by atoms with E-state index in [4.69, 9.17) is 0 Å². The van der Waals surface area contributed by atoms with Gasteiger partial charge in [0.25, 0.3) is 0 Å². The zero-order valence-corrected chi connectivity index (χ0v) is 33.6. The number of aryl methyl sites for hydroxylation is 2. The number of thiophene rings is 1. The molecule has 0 atom stereocenters. The van der Waals surface area contributed by atoms with Crippen LogP contribution < -0.4 is 0 Å². The average Bonchev–Trinajstić information content (AvgIpc) is 3.86. The first-order valence-electron chi connectivity index (χ1n) is 21.2. The fraction of sp³-hybridized carbons (Fsp3) is 0.308. The second-order valence-corrected chi connectivity index (χ2v) is 16.9. The predicted molar refractivity (Wildman–Crippen MR) is 243 cm³/mol. The number of hydrogen-bond donors (Lipinski definition) is 0. The Kier molecular flexibility index (Phi) is 10.5. The molecule has 0 bridgehead atoms. The van der Waals surface area contributed by atoms with E-state index in [0.717, 1.165) is 13.1 Å². The number of benzene rings is 6. The summed E-state index contributed by atoms with van der Waals surface area (Å²) in [5, 5.41) is 8.15. The van der Waals surface area contributed by atoms with Gasteiger partial charge in [0, 0.05) is 76.9 Å². The van der Waals surface area contributed by atoms with Crippen LogP contribution in [0.1, 0.15) is 90.9 Å². The summed E-state index contributed by atoms with van der Waals surface area (Å²) in [7, 11) is 0. The summed E-state index contributed by atoms with van der Waals surface area (Å²) >= 11 is 1.92. The summed E-state index contributed by atoms with van der Waals surface area (Å²) in [6.07, 6.45) is 15.8. The van der Waals surface area contributed by atoms with Crippen molar-refractivity contribution in [3.63, 3.8) is 0 Å². The van der Waals surface area contributed by atoms with Crippen LogP contribution in [0.15, 0.2) is 121 Å². The van der Waals surface area contributed by atoms with E-state index in [1.807, 2.05) is 11.3 Å². The van der Waals surface area contributed by atoms with E-state index in [1.54, 1.807) is 0 Å². The van der Waals surface area contributed by atoms with Gasteiger partial charge in [-0.25, -0.2) is 0 Å². The highest BCUT2D eigenvalue weighted by molar-refractivity contribution is 7.25. The number of unbranched alkanes of at least 4 members (excludes halogenated alkanes) is 10. The average molecular weight is 739 g/mol. The normalized spacial score (nSPS) is 12.1. The molecule has 0 saturated carbocycles. The van der Waals surface area contributed by atoms with Gasteiger partial charge in [0.2, 0.25) is 0 Å². The first-order chi connectivity index (χ1) is 27.2. The minimum absolute atomic E-state index is 1.08. The molecule has 0 aliphatic carbocycles. The van der Waals surface area contributed by atoms with E-state index in [0.29, 0.717) is 0 Å². The summed E-state index contributed by atoms with van der Waals surface area (Å²) in [6.45, 7) is 6.76. The molecule has 55 heavy (non-hydrogen) atoms. The van der Waals surface area contributed by atoms with Crippen molar-refractivity contribution < 1.29 is 0 Å². The molecular weight excluding hydrogens is 685 g/mol. The Hall–Kier alpha value is -4.86. The Morgan fingerprint density at radius 3 is 1.20 bits per heavy atom. The summed E-state index contributed by atoms with van der Waals surface area (Å²) in [5.74, 6) is 0. The molecule has 3 heterocycles. The quantitative estimate of drug-likeness (QED) is 0.0874. The standard InChI is InChI=1S/C52H54N2S/c1-3-5-7-9-11-17-31-53-47-21-15-13-19-41(47)45-33-37(25-29-49(45)53)39-23-27-43-44-28-24-40(36-52(44)55-51(43)35-39)38-26-30-50-46(34-38)42-20-14-16-22-48(42)54(50)32-18-12-10-8-6-4-2/h13-16,19-30,33-36H,3-12,17-18,31-32H2,1-2H3. The Morgan fingerprint density at radius 1 is 0.345 bits per heavy atom. The lowest BCUT2D eigenvalue weighted by atomic mass is 10.00. The van der Waals surface area contributed by atoms with Crippen molar-refractivity contribution in [2.75, 3.05) is 0 Å². The first kappa shape index (κ1) is 35.8. The molecule has 0 fully saturated rings. The van der Waals surface area contributed by atoms with E-state index >= 15 is 0 Å². The smallest absolute Gasteiger partial charge is 0.0491 e. The number of nitrogens with zero attached hydrogens (tertiary/aromatic N) is 2.